The maximum absolute atomic E-state index is 12.6. The smallest absolute Gasteiger partial charge is 0.293 e. The molecule has 29 heavy (non-hydrogen) atoms. The fraction of sp³-hybridized carbons (Fsp3) is 0.304. The maximum Gasteiger partial charge on any atom is 0.293 e. The molecule has 152 valence electrons. The van der Waals surface area contributed by atoms with Gasteiger partial charge < -0.3 is 9.47 Å². The molecule has 1 fully saturated rings. The van der Waals surface area contributed by atoms with Gasteiger partial charge in [-0.2, -0.15) is 0 Å². The lowest BCUT2D eigenvalue weighted by atomic mass is 9.87. The molecule has 3 rings (SSSR count). The molecule has 0 atom stereocenters. The Labute approximate surface area is 175 Å². The first-order valence-electron chi connectivity index (χ1n) is 9.41. The van der Waals surface area contributed by atoms with Crippen molar-refractivity contribution in [1.29, 1.82) is 0 Å². The summed E-state index contributed by atoms with van der Waals surface area (Å²) in [5, 5.41) is -0.276. The summed E-state index contributed by atoms with van der Waals surface area (Å²) in [6, 6.07) is 15.2. The van der Waals surface area contributed by atoms with Crippen molar-refractivity contribution in [2.75, 3.05) is 20.3 Å². The Kier molecular flexibility index (Phi) is 6.33. The summed E-state index contributed by atoms with van der Waals surface area (Å²) in [6.45, 7) is 6.93. The highest BCUT2D eigenvalue weighted by Crippen LogP contribution is 2.32. The molecule has 0 unspecified atom stereocenters. The standard InChI is InChI=1S/C23H25NO4S/c1-23(2,3)17-7-11-19(12-8-17)28-14-13-24-21(25)20(29-22(24)26)15-16-5-9-18(27-4)10-6-16/h5-12,15H,13-14H2,1-4H3. The zero-order valence-electron chi connectivity index (χ0n) is 17.1. The van der Waals surface area contributed by atoms with Crippen molar-refractivity contribution in [2.24, 2.45) is 0 Å². The van der Waals surface area contributed by atoms with Gasteiger partial charge in [-0.25, -0.2) is 0 Å². The quantitative estimate of drug-likeness (QED) is 0.619. The molecule has 1 aliphatic heterocycles. The zero-order valence-corrected chi connectivity index (χ0v) is 17.9. The van der Waals surface area contributed by atoms with Crippen LogP contribution in [0.2, 0.25) is 0 Å². The van der Waals surface area contributed by atoms with Gasteiger partial charge in [0.25, 0.3) is 11.1 Å². The van der Waals surface area contributed by atoms with Crippen molar-refractivity contribution in [3.63, 3.8) is 0 Å². The van der Waals surface area contributed by atoms with E-state index in [0.717, 1.165) is 28.8 Å². The molecule has 1 saturated heterocycles. The summed E-state index contributed by atoms with van der Waals surface area (Å²) in [4.78, 5) is 26.4. The lowest BCUT2D eigenvalue weighted by Gasteiger charge is -2.19. The number of carbonyl (C=O) groups is 2. The minimum Gasteiger partial charge on any atom is -0.497 e. The van der Waals surface area contributed by atoms with Gasteiger partial charge >= 0.3 is 0 Å². The van der Waals surface area contributed by atoms with Crippen LogP contribution in [-0.4, -0.2) is 36.3 Å². The number of benzene rings is 2. The SMILES string of the molecule is COc1ccc(C=C2SC(=O)N(CCOc3ccc(C(C)(C)C)cc3)C2=O)cc1. The predicted octanol–water partition coefficient (Wildman–Crippen LogP) is 5.11. The van der Waals surface area contributed by atoms with Crippen LogP contribution >= 0.6 is 11.8 Å². The fourth-order valence-corrected chi connectivity index (χ4v) is 3.72. The summed E-state index contributed by atoms with van der Waals surface area (Å²) in [6.07, 6.45) is 1.72. The second-order valence-electron chi connectivity index (χ2n) is 7.73. The van der Waals surface area contributed by atoms with Crippen LogP contribution in [0.25, 0.3) is 6.08 Å². The number of thioether (sulfide) groups is 1. The molecule has 0 N–H and O–H groups in total. The maximum atomic E-state index is 12.6. The van der Waals surface area contributed by atoms with Gasteiger partial charge in [-0.1, -0.05) is 45.0 Å². The van der Waals surface area contributed by atoms with Crippen LogP contribution in [0.3, 0.4) is 0 Å². The van der Waals surface area contributed by atoms with E-state index in [2.05, 4.69) is 20.8 Å². The van der Waals surface area contributed by atoms with E-state index < -0.39 is 0 Å². The van der Waals surface area contributed by atoms with Gasteiger partial charge in [0, 0.05) is 0 Å². The Hall–Kier alpha value is -2.73. The Balaban J connectivity index is 1.58. The van der Waals surface area contributed by atoms with Crippen LogP contribution in [0.5, 0.6) is 11.5 Å². The third kappa shape index (κ3) is 5.21. The number of ether oxygens (including phenoxy) is 2. The molecule has 0 bridgehead atoms. The van der Waals surface area contributed by atoms with E-state index in [1.807, 2.05) is 48.5 Å². The molecule has 2 amide bonds. The Morgan fingerprint density at radius 1 is 0.966 bits per heavy atom. The van der Waals surface area contributed by atoms with Gasteiger partial charge in [-0.05, 0) is 58.6 Å². The normalized spacial score (nSPS) is 15.9. The first-order chi connectivity index (χ1) is 13.8. The van der Waals surface area contributed by atoms with Crippen LogP contribution in [-0.2, 0) is 10.2 Å². The van der Waals surface area contributed by atoms with Crippen molar-refractivity contribution in [2.45, 2.75) is 26.2 Å². The summed E-state index contributed by atoms with van der Waals surface area (Å²) >= 11 is 0.949. The average molecular weight is 412 g/mol. The van der Waals surface area contributed by atoms with Crippen molar-refractivity contribution >= 4 is 29.0 Å². The van der Waals surface area contributed by atoms with E-state index in [0.29, 0.717) is 4.91 Å². The van der Waals surface area contributed by atoms with Gasteiger partial charge in [0.1, 0.15) is 18.1 Å². The fourth-order valence-electron chi connectivity index (χ4n) is 2.85. The van der Waals surface area contributed by atoms with Gasteiger partial charge in [-0.15, -0.1) is 0 Å². The molecule has 0 saturated carbocycles. The number of hydrogen-bond acceptors (Lipinski definition) is 5. The van der Waals surface area contributed by atoms with Crippen LogP contribution in [0.1, 0.15) is 31.9 Å². The molecule has 0 aromatic heterocycles. The molecule has 1 heterocycles. The van der Waals surface area contributed by atoms with Gasteiger partial charge in [0.15, 0.2) is 0 Å². The van der Waals surface area contributed by atoms with Crippen LogP contribution in [0.4, 0.5) is 4.79 Å². The van der Waals surface area contributed by atoms with Crippen molar-refractivity contribution < 1.29 is 19.1 Å². The second-order valence-corrected chi connectivity index (χ2v) is 8.72. The van der Waals surface area contributed by atoms with Crippen LogP contribution < -0.4 is 9.47 Å². The Morgan fingerprint density at radius 3 is 2.17 bits per heavy atom. The number of hydrogen-bond donors (Lipinski definition) is 0. The van der Waals surface area contributed by atoms with Gasteiger partial charge in [0.05, 0.1) is 18.6 Å². The van der Waals surface area contributed by atoms with Gasteiger partial charge in [0.2, 0.25) is 0 Å². The number of imide groups is 1. The minimum absolute atomic E-state index is 0.0801. The molecule has 2 aromatic carbocycles. The Bertz CT molecular complexity index is 911. The predicted molar refractivity (Wildman–Crippen MR) is 116 cm³/mol. The molecule has 0 aliphatic carbocycles. The molecular weight excluding hydrogens is 386 g/mol. The third-order valence-electron chi connectivity index (χ3n) is 4.59. The lowest BCUT2D eigenvalue weighted by molar-refractivity contribution is -0.123. The summed E-state index contributed by atoms with van der Waals surface area (Å²) in [7, 11) is 1.60. The molecule has 1 aliphatic rings. The summed E-state index contributed by atoms with van der Waals surface area (Å²) in [5.41, 5.74) is 2.14. The van der Waals surface area contributed by atoms with Gasteiger partial charge in [-0.3, -0.25) is 14.5 Å². The van der Waals surface area contributed by atoms with E-state index in [9.17, 15) is 9.59 Å². The molecular formula is C23H25NO4S. The minimum atomic E-state index is -0.289. The number of rotatable bonds is 6. The highest BCUT2D eigenvalue weighted by molar-refractivity contribution is 8.18. The number of amides is 2. The number of carbonyl (C=O) groups excluding carboxylic acids is 2. The van der Waals surface area contributed by atoms with Crippen molar-refractivity contribution in [3.05, 3.63) is 64.6 Å². The second kappa shape index (κ2) is 8.74. The van der Waals surface area contributed by atoms with Crippen LogP contribution in [0, 0.1) is 0 Å². The monoisotopic (exact) mass is 411 g/mol. The summed E-state index contributed by atoms with van der Waals surface area (Å²) in [5.74, 6) is 1.17. The lowest BCUT2D eigenvalue weighted by Crippen LogP contribution is -2.32. The highest BCUT2D eigenvalue weighted by Gasteiger charge is 2.34. The molecule has 0 radical (unpaired) electrons. The van der Waals surface area contributed by atoms with E-state index in [1.54, 1.807) is 13.2 Å². The molecule has 5 nitrogen and oxygen atoms in total. The highest BCUT2D eigenvalue weighted by atomic mass is 32.2. The van der Waals surface area contributed by atoms with Crippen LogP contribution in [0.15, 0.2) is 53.4 Å². The molecule has 2 aromatic rings. The van der Waals surface area contributed by atoms with Crippen molar-refractivity contribution in [1.82, 2.24) is 4.90 Å². The molecule has 6 heteroatoms. The third-order valence-corrected chi connectivity index (χ3v) is 5.50. The average Bonchev–Trinajstić information content (AvgIpc) is 2.95. The largest absolute Gasteiger partial charge is 0.497 e. The van der Waals surface area contributed by atoms with E-state index in [-0.39, 0.29) is 29.7 Å². The van der Waals surface area contributed by atoms with Crippen molar-refractivity contribution in [3.8, 4) is 11.5 Å². The summed E-state index contributed by atoms with van der Waals surface area (Å²) < 4.78 is 10.9. The zero-order chi connectivity index (χ0) is 21.0. The molecule has 0 spiro atoms. The van der Waals surface area contributed by atoms with E-state index >= 15 is 0 Å². The van der Waals surface area contributed by atoms with E-state index in [4.69, 9.17) is 9.47 Å². The Morgan fingerprint density at radius 2 is 1.59 bits per heavy atom. The van der Waals surface area contributed by atoms with E-state index in [1.165, 1.54) is 10.5 Å². The first kappa shape index (κ1) is 21.0. The number of methoxy groups -OCH3 is 1. The number of nitrogens with zero attached hydrogens (tertiary/aromatic N) is 1. The first-order valence-corrected chi connectivity index (χ1v) is 10.2. The topological polar surface area (TPSA) is 55.8 Å².